The van der Waals surface area contributed by atoms with Crippen LogP contribution in [0.25, 0.3) is 0 Å². The Labute approximate surface area is 73.7 Å². The lowest BCUT2D eigenvalue weighted by atomic mass is 10.2. The van der Waals surface area contributed by atoms with Crippen molar-refractivity contribution in [2.75, 3.05) is 27.3 Å². The Bertz CT molecular complexity index is 128. The lowest BCUT2D eigenvalue weighted by Crippen LogP contribution is -2.41. The van der Waals surface area contributed by atoms with E-state index in [9.17, 15) is 4.79 Å². The topological polar surface area (TPSA) is 50.4 Å². The van der Waals surface area contributed by atoms with E-state index in [1.807, 2.05) is 6.92 Å². The molecule has 4 nitrogen and oxygen atoms in total. The number of hydrogen-bond donors (Lipinski definition) is 2. The molecule has 0 heterocycles. The average molecular weight is 174 g/mol. The Kier molecular flexibility index (Phi) is 6.70. The van der Waals surface area contributed by atoms with E-state index in [-0.39, 0.29) is 11.9 Å². The number of nitrogens with one attached hydrogen (secondary N) is 2. The van der Waals surface area contributed by atoms with Crippen LogP contribution < -0.4 is 10.6 Å². The summed E-state index contributed by atoms with van der Waals surface area (Å²) < 4.78 is 4.94. The maximum atomic E-state index is 11.1. The molecule has 0 rings (SSSR count). The highest BCUT2D eigenvalue weighted by Crippen LogP contribution is 1.90. The predicted molar refractivity (Wildman–Crippen MR) is 48.0 cm³/mol. The van der Waals surface area contributed by atoms with Crippen LogP contribution in [0.5, 0.6) is 0 Å². The second-order valence-electron chi connectivity index (χ2n) is 2.66. The number of carbonyl (C=O) groups excluding carboxylic acids is 1. The summed E-state index contributed by atoms with van der Waals surface area (Å²) in [6.45, 7) is 2.95. The largest absolute Gasteiger partial charge is 0.383 e. The molecule has 1 unspecified atom stereocenters. The molecule has 0 aliphatic heterocycles. The van der Waals surface area contributed by atoms with E-state index in [1.165, 1.54) is 0 Å². The summed E-state index contributed by atoms with van der Waals surface area (Å²) in [6.07, 6.45) is 0.892. The van der Waals surface area contributed by atoms with Crippen LogP contribution in [0.15, 0.2) is 0 Å². The Morgan fingerprint density at radius 2 is 2.25 bits per heavy atom. The second kappa shape index (κ2) is 7.06. The van der Waals surface area contributed by atoms with Crippen molar-refractivity contribution in [3.05, 3.63) is 0 Å². The van der Waals surface area contributed by atoms with Gasteiger partial charge in [-0.05, 0) is 13.5 Å². The number of carbonyl (C=O) groups is 1. The predicted octanol–water partition coefficient (Wildman–Crippen LogP) is -0.253. The first-order valence-corrected chi connectivity index (χ1v) is 4.17. The minimum absolute atomic E-state index is 0.0152. The first-order valence-electron chi connectivity index (χ1n) is 4.17. The Balaban J connectivity index is 3.61. The lowest BCUT2D eigenvalue weighted by molar-refractivity contribution is -0.121. The molecule has 0 saturated carbocycles. The van der Waals surface area contributed by atoms with Crippen LogP contribution in [0.3, 0.4) is 0 Å². The zero-order chi connectivity index (χ0) is 9.40. The number of methoxy groups -OCH3 is 1. The van der Waals surface area contributed by atoms with E-state index in [0.29, 0.717) is 13.2 Å². The fourth-order valence-electron chi connectivity index (χ4n) is 0.902. The second-order valence-corrected chi connectivity index (χ2v) is 2.66. The summed E-state index contributed by atoms with van der Waals surface area (Å²) in [5.41, 5.74) is 0. The summed E-state index contributed by atoms with van der Waals surface area (Å²) in [6, 6.07) is 0.135. The van der Waals surface area contributed by atoms with E-state index in [4.69, 9.17) is 4.74 Å². The first kappa shape index (κ1) is 11.4. The molecule has 72 valence electrons. The molecule has 1 atom stereocenters. The van der Waals surface area contributed by atoms with Crippen LogP contribution in [-0.2, 0) is 9.53 Å². The van der Waals surface area contributed by atoms with Crippen LogP contribution in [0.1, 0.15) is 13.3 Å². The molecule has 0 aliphatic carbocycles. The van der Waals surface area contributed by atoms with E-state index in [1.54, 1.807) is 14.2 Å². The smallest absolute Gasteiger partial charge is 0.234 e. The van der Waals surface area contributed by atoms with Crippen molar-refractivity contribution in [3.8, 4) is 0 Å². The van der Waals surface area contributed by atoms with Crippen molar-refractivity contribution < 1.29 is 9.53 Å². The molecule has 2 N–H and O–H groups in total. The van der Waals surface area contributed by atoms with Crippen molar-refractivity contribution in [3.63, 3.8) is 0 Å². The molecule has 0 aromatic carbocycles. The summed E-state index contributed by atoms with van der Waals surface area (Å²) in [4.78, 5) is 11.1. The summed E-state index contributed by atoms with van der Waals surface area (Å²) >= 11 is 0. The van der Waals surface area contributed by atoms with Gasteiger partial charge >= 0.3 is 0 Å². The minimum Gasteiger partial charge on any atom is -0.383 e. The normalized spacial score (nSPS) is 12.6. The quantitative estimate of drug-likeness (QED) is 0.583. The molecule has 0 aliphatic rings. The summed E-state index contributed by atoms with van der Waals surface area (Å²) in [5.74, 6) is 0.0152. The minimum atomic E-state index is 0.0152. The lowest BCUT2D eigenvalue weighted by Gasteiger charge is -2.15. The number of ether oxygens (including phenoxy) is 1. The number of likely N-dealkylation sites (N-methyl/N-ethyl adjacent to an activating group) is 1. The van der Waals surface area contributed by atoms with Gasteiger partial charge in [0.05, 0.1) is 19.2 Å². The SMILES string of the molecule is CCC(COC)NC(=O)CNC. The van der Waals surface area contributed by atoms with Gasteiger partial charge in [-0.25, -0.2) is 0 Å². The molecule has 12 heavy (non-hydrogen) atoms. The molecule has 1 amide bonds. The molecule has 0 fully saturated rings. The fourth-order valence-corrected chi connectivity index (χ4v) is 0.902. The number of rotatable bonds is 6. The third kappa shape index (κ3) is 5.09. The highest BCUT2D eigenvalue weighted by molar-refractivity contribution is 5.78. The van der Waals surface area contributed by atoms with Gasteiger partial charge in [0.1, 0.15) is 0 Å². The third-order valence-corrected chi connectivity index (χ3v) is 1.56. The maximum absolute atomic E-state index is 11.1. The van der Waals surface area contributed by atoms with Gasteiger partial charge in [0.2, 0.25) is 5.91 Å². The zero-order valence-electron chi connectivity index (χ0n) is 8.02. The van der Waals surface area contributed by atoms with E-state index < -0.39 is 0 Å². The number of amides is 1. The van der Waals surface area contributed by atoms with Gasteiger partial charge in [-0.15, -0.1) is 0 Å². The number of hydrogen-bond acceptors (Lipinski definition) is 3. The van der Waals surface area contributed by atoms with Gasteiger partial charge in [-0.2, -0.15) is 0 Å². The molecular formula is C8H18N2O2. The van der Waals surface area contributed by atoms with Crippen LogP contribution in [0.4, 0.5) is 0 Å². The summed E-state index contributed by atoms with van der Waals surface area (Å²) in [7, 11) is 3.38. The average Bonchev–Trinajstić information content (AvgIpc) is 2.04. The van der Waals surface area contributed by atoms with Crippen LogP contribution in [0, 0.1) is 0 Å². The van der Waals surface area contributed by atoms with Gasteiger partial charge in [-0.1, -0.05) is 6.92 Å². The fraction of sp³-hybridized carbons (Fsp3) is 0.875. The Morgan fingerprint density at radius 1 is 1.58 bits per heavy atom. The van der Waals surface area contributed by atoms with Crippen molar-refractivity contribution in [2.45, 2.75) is 19.4 Å². The first-order chi connectivity index (χ1) is 5.74. The van der Waals surface area contributed by atoms with Gasteiger partial charge in [0, 0.05) is 7.11 Å². The third-order valence-electron chi connectivity index (χ3n) is 1.56. The molecule has 0 aromatic heterocycles. The van der Waals surface area contributed by atoms with Crippen molar-refractivity contribution in [1.29, 1.82) is 0 Å². The monoisotopic (exact) mass is 174 g/mol. The Morgan fingerprint density at radius 3 is 2.67 bits per heavy atom. The maximum Gasteiger partial charge on any atom is 0.234 e. The van der Waals surface area contributed by atoms with Crippen molar-refractivity contribution >= 4 is 5.91 Å². The molecule has 0 bridgehead atoms. The molecular weight excluding hydrogens is 156 g/mol. The van der Waals surface area contributed by atoms with Gasteiger partial charge in [0.25, 0.3) is 0 Å². The van der Waals surface area contributed by atoms with Gasteiger partial charge in [0.15, 0.2) is 0 Å². The van der Waals surface area contributed by atoms with Crippen molar-refractivity contribution in [2.24, 2.45) is 0 Å². The van der Waals surface area contributed by atoms with Crippen LogP contribution >= 0.6 is 0 Å². The van der Waals surface area contributed by atoms with Gasteiger partial charge < -0.3 is 15.4 Å². The highest BCUT2D eigenvalue weighted by atomic mass is 16.5. The molecule has 4 heteroatoms. The Hall–Kier alpha value is -0.610. The molecule has 0 saturated heterocycles. The van der Waals surface area contributed by atoms with Gasteiger partial charge in [-0.3, -0.25) is 4.79 Å². The van der Waals surface area contributed by atoms with E-state index in [0.717, 1.165) is 6.42 Å². The molecule has 0 radical (unpaired) electrons. The zero-order valence-corrected chi connectivity index (χ0v) is 8.02. The van der Waals surface area contributed by atoms with E-state index >= 15 is 0 Å². The van der Waals surface area contributed by atoms with Crippen LogP contribution in [0.2, 0.25) is 0 Å². The summed E-state index contributed by atoms with van der Waals surface area (Å²) in [5, 5.41) is 5.63. The molecule has 0 aromatic rings. The van der Waals surface area contributed by atoms with Crippen molar-refractivity contribution in [1.82, 2.24) is 10.6 Å². The van der Waals surface area contributed by atoms with E-state index in [2.05, 4.69) is 10.6 Å². The standard InChI is InChI=1S/C8H18N2O2/c1-4-7(6-12-3)10-8(11)5-9-2/h7,9H,4-6H2,1-3H3,(H,10,11). The highest BCUT2D eigenvalue weighted by Gasteiger charge is 2.08. The van der Waals surface area contributed by atoms with Crippen LogP contribution in [-0.4, -0.2) is 39.3 Å². The molecule has 0 spiro atoms.